The van der Waals surface area contributed by atoms with E-state index >= 15 is 0 Å². The van der Waals surface area contributed by atoms with Crippen LogP contribution >= 0.6 is 11.6 Å². The third kappa shape index (κ3) is 4.44. The van der Waals surface area contributed by atoms with E-state index in [1.54, 1.807) is 0 Å². The van der Waals surface area contributed by atoms with Gasteiger partial charge >= 0.3 is 0 Å². The van der Waals surface area contributed by atoms with Crippen LogP contribution < -0.4 is 4.74 Å². The highest BCUT2D eigenvalue weighted by Crippen LogP contribution is 2.19. The van der Waals surface area contributed by atoms with Gasteiger partial charge in [-0.3, -0.25) is 0 Å². The molecule has 0 fully saturated rings. The molecule has 0 spiro atoms. The first-order valence-corrected chi connectivity index (χ1v) is 9.74. The van der Waals surface area contributed by atoms with Gasteiger partial charge in [-0.05, 0) is 54.5 Å². The summed E-state index contributed by atoms with van der Waals surface area (Å²) >= 11 is 5.97. The molecule has 0 radical (unpaired) electrons. The van der Waals surface area contributed by atoms with Crippen LogP contribution in [0, 0.1) is 0 Å². The summed E-state index contributed by atoms with van der Waals surface area (Å²) in [4.78, 5) is 4.79. The van der Waals surface area contributed by atoms with Crippen molar-refractivity contribution in [3.63, 3.8) is 0 Å². The number of rotatable bonds is 7. The number of aromatic nitrogens is 2. The number of fused-ring (bicyclic) bond motifs is 1. The van der Waals surface area contributed by atoms with Crippen molar-refractivity contribution in [1.82, 2.24) is 9.55 Å². The molecule has 0 bridgehead atoms. The smallest absolute Gasteiger partial charge is 0.133 e. The highest BCUT2D eigenvalue weighted by atomic mass is 35.5. The van der Waals surface area contributed by atoms with Gasteiger partial charge < -0.3 is 9.30 Å². The minimum atomic E-state index is 0.664. The van der Waals surface area contributed by atoms with Crippen molar-refractivity contribution in [1.29, 1.82) is 0 Å². The quantitative estimate of drug-likeness (QED) is 0.346. The Labute approximate surface area is 169 Å². The molecule has 0 N–H and O–H groups in total. The monoisotopic (exact) mass is 388 g/mol. The van der Waals surface area contributed by atoms with E-state index in [1.807, 2.05) is 72.8 Å². The van der Waals surface area contributed by atoms with E-state index in [-0.39, 0.29) is 0 Å². The average Bonchev–Trinajstić information content (AvgIpc) is 3.09. The van der Waals surface area contributed by atoms with Crippen LogP contribution in [0.5, 0.6) is 5.75 Å². The molecule has 4 aromatic rings. The number of hydrogen-bond acceptors (Lipinski definition) is 2. The highest BCUT2D eigenvalue weighted by molar-refractivity contribution is 6.30. The van der Waals surface area contributed by atoms with Gasteiger partial charge in [0, 0.05) is 11.6 Å². The molecule has 140 valence electrons. The summed E-state index contributed by atoms with van der Waals surface area (Å²) in [5.74, 6) is 1.84. The van der Waals surface area contributed by atoms with Gasteiger partial charge in [-0.1, -0.05) is 60.1 Å². The zero-order valence-electron chi connectivity index (χ0n) is 15.5. The van der Waals surface area contributed by atoms with E-state index < -0.39 is 0 Å². The van der Waals surface area contributed by atoms with Gasteiger partial charge in [0.15, 0.2) is 0 Å². The zero-order chi connectivity index (χ0) is 19.2. The van der Waals surface area contributed by atoms with Gasteiger partial charge in [0.2, 0.25) is 0 Å². The number of ether oxygens (including phenoxy) is 1. The average molecular weight is 389 g/mol. The lowest BCUT2D eigenvalue weighted by Gasteiger charge is -2.09. The summed E-state index contributed by atoms with van der Waals surface area (Å²) in [7, 11) is 0. The fourth-order valence-electron chi connectivity index (χ4n) is 3.13. The molecule has 1 aromatic heterocycles. The van der Waals surface area contributed by atoms with E-state index in [0.717, 1.165) is 46.2 Å². The maximum Gasteiger partial charge on any atom is 0.133 e. The molecular formula is C24H21ClN2O. The Hall–Kier alpha value is -3.04. The first-order valence-electron chi connectivity index (χ1n) is 9.36. The molecule has 0 aliphatic heterocycles. The SMILES string of the molecule is Clc1ccc(C=Cc2nc3ccccc3n2CCCOc2ccccc2)cc1. The van der Waals surface area contributed by atoms with Gasteiger partial charge in [-0.2, -0.15) is 0 Å². The number of imidazole rings is 1. The van der Waals surface area contributed by atoms with E-state index in [1.165, 1.54) is 0 Å². The molecule has 3 nitrogen and oxygen atoms in total. The number of nitrogens with zero attached hydrogens (tertiary/aromatic N) is 2. The lowest BCUT2D eigenvalue weighted by molar-refractivity contribution is 0.302. The highest BCUT2D eigenvalue weighted by Gasteiger charge is 2.08. The molecule has 4 rings (SSSR count). The third-order valence-electron chi connectivity index (χ3n) is 4.52. The van der Waals surface area contributed by atoms with E-state index in [2.05, 4.69) is 22.8 Å². The molecule has 0 unspecified atom stereocenters. The van der Waals surface area contributed by atoms with Gasteiger partial charge in [-0.15, -0.1) is 0 Å². The Morgan fingerprint density at radius 3 is 2.43 bits per heavy atom. The molecule has 0 aliphatic rings. The number of aryl methyl sites for hydroxylation is 1. The molecule has 0 saturated heterocycles. The lowest BCUT2D eigenvalue weighted by Crippen LogP contribution is -2.06. The maximum absolute atomic E-state index is 5.97. The molecule has 0 amide bonds. The molecular weight excluding hydrogens is 368 g/mol. The van der Waals surface area contributed by atoms with Crippen LogP contribution in [0.2, 0.25) is 5.02 Å². The molecule has 28 heavy (non-hydrogen) atoms. The Bertz CT molecular complexity index is 1070. The molecule has 4 heteroatoms. The normalized spacial score (nSPS) is 11.3. The van der Waals surface area contributed by atoms with E-state index in [0.29, 0.717) is 6.61 Å². The van der Waals surface area contributed by atoms with Gasteiger partial charge in [0.1, 0.15) is 11.6 Å². The maximum atomic E-state index is 5.97. The van der Waals surface area contributed by atoms with Gasteiger partial charge in [-0.25, -0.2) is 4.98 Å². The predicted octanol–water partition coefficient (Wildman–Crippen LogP) is 6.33. The van der Waals surface area contributed by atoms with Crippen LogP contribution in [0.3, 0.4) is 0 Å². The molecule has 0 atom stereocenters. The topological polar surface area (TPSA) is 27.1 Å². The Morgan fingerprint density at radius 1 is 0.857 bits per heavy atom. The summed E-state index contributed by atoms with van der Waals surface area (Å²) in [5, 5.41) is 0.739. The van der Waals surface area contributed by atoms with Crippen LogP contribution in [0.1, 0.15) is 17.8 Å². The molecule has 0 saturated carbocycles. The van der Waals surface area contributed by atoms with Crippen LogP contribution in [0.4, 0.5) is 0 Å². The van der Waals surface area contributed by atoms with Crippen molar-refractivity contribution in [3.05, 3.63) is 95.3 Å². The first-order chi connectivity index (χ1) is 13.8. The lowest BCUT2D eigenvalue weighted by atomic mass is 10.2. The second kappa shape index (κ2) is 8.77. The summed E-state index contributed by atoms with van der Waals surface area (Å²) in [6.45, 7) is 1.50. The second-order valence-electron chi connectivity index (χ2n) is 6.51. The Kier molecular flexibility index (Phi) is 5.74. The van der Waals surface area contributed by atoms with E-state index in [9.17, 15) is 0 Å². The molecule has 1 heterocycles. The molecule has 3 aromatic carbocycles. The summed E-state index contributed by atoms with van der Waals surface area (Å²) in [5.41, 5.74) is 3.23. The number of halogens is 1. The van der Waals surface area contributed by atoms with Crippen molar-refractivity contribution in [2.75, 3.05) is 6.61 Å². The summed E-state index contributed by atoms with van der Waals surface area (Å²) in [6.07, 6.45) is 5.02. The van der Waals surface area contributed by atoms with Crippen LogP contribution in [0.25, 0.3) is 23.2 Å². The van der Waals surface area contributed by atoms with Crippen molar-refractivity contribution < 1.29 is 4.74 Å². The zero-order valence-corrected chi connectivity index (χ0v) is 16.2. The Morgan fingerprint density at radius 2 is 1.61 bits per heavy atom. The van der Waals surface area contributed by atoms with Crippen LogP contribution in [-0.4, -0.2) is 16.2 Å². The van der Waals surface area contributed by atoms with Crippen molar-refractivity contribution in [2.24, 2.45) is 0 Å². The first kappa shape index (κ1) is 18.3. The van der Waals surface area contributed by atoms with Gasteiger partial charge in [0.05, 0.1) is 17.6 Å². The number of hydrogen-bond donors (Lipinski definition) is 0. The summed E-state index contributed by atoms with van der Waals surface area (Å²) < 4.78 is 8.08. The fourth-order valence-corrected chi connectivity index (χ4v) is 3.26. The second-order valence-corrected chi connectivity index (χ2v) is 6.95. The van der Waals surface area contributed by atoms with Gasteiger partial charge in [0.25, 0.3) is 0 Å². The minimum absolute atomic E-state index is 0.664. The largest absolute Gasteiger partial charge is 0.494 e. The third-order valence-corrected chi connectivity index (χ3v) is 4.77. The summed E-state index contributed by atoms with van der Waals surface area (Å²) in [6, 6.07) is 25.9. The standard InChI is InChI=1S/C24H21ClN2O/c25-20-14-11-19(12-15-20)13-16-24-26-22-9-4-5-10-23(22)27(24)17-6-18-28-21-7-2-1-3-8-21/h1-5,7-16H,6,17-18H2. The van der Waals surface area contributed by atoms with E-state index in [4.69, 9.17) is 21.3 Å². The van der Waals surface area contributed by atoms with Crippen LogP contribution in [0.15, 0.2) is 78.9 Å². The van der Waals surface area contributed by atoms with Crippen molar-refractivity contribution in [3.8, 4) is 5.75 Å². The molecule has 0 aliphatic carbocycles. The Balaban J connectivity index is 1.50. The van der Waals surface area contributed by atoms with Crippen LogP contribution in [-0.2, 0) is 6.54 Å². The minimum Gasteiger partial charge on any atom is -0.494 e. The fraction of sp³-hybridized carbons (Fsp3) is 0.125. The van der Waals surface area contributed by atoms with Crippen molar-refractivity contribution >= 4 is 34.8 Å². The predicted molar refractivity (Wildman–Crippen MR) is 117 cm³/mol. The number of benzene rings is 3. The van der Waals surface area contributed by atoms with Crippen molar-refractivity contribution in [2.45, 2.75) is 13.0 Å². The number of para-hydroxylation sites is 3.